The minimum Gasteiger partial charge on any atom is -0.374 e. The molecule has 1 amide bonds. The summed E-state index contributed by atoms with van der Waals surface area (Å²) in [5, 5.41) is 3.07. The van der Waals surface area contributed by atoms with Gasteiger partial charge in [-0.3, -0.25) is 10.2 Å². The third-order valence-electron chi connectivity index (χ3n) is 2.05. The van der Waals surface area contributed by atoms with Gasteiger partial charge in [-0.05, 0) is 25.5 Å². The van der Waals surface area contributed by atoms with Crippen LogP contribution in [0.4, 0.5) is 5.69 Å². The van der Waals surface area contributed by atoms with Gasteiger partial charge in [-0.2, -0.15) is 0 Å². The molecule has 1 aromatic carbocycles. The van der Waals surface area contributed by atoms with E-state index in [9.17, 15) is 4.79 Å². The number of para-hydroxylation sites is 1. The molecule has 1 atom stereocenters. The molecule has 1 aromatic rings. The van der Waals surface area contributed by atoms with Crippen molar-refractivity contribution in [3.8, 4) is 0 Å². The lowest BCUT2D eigenvalue weighted by atomic mass is 10.2. The zero-order valence-corrected chi connectivity index (χ0v) is 8.37. The van der Waals surface area contributed by atoms with Gasteiger partial charge in [-0.15, -0.1) is 0 Å². The molecular weight excluding hydrogens is 178 g/mol. The molecule has 14 heavy (non-hydrogen) atoms. The maximum atomic E-state index is 11.1. The number of hydrogen-bond acceptors (Lipinski definition) is 3. The predicted octanol–water partition coefficient (Wildman–Crippen LogP) is 0.785. The molecular formula is C10H15N3O. The number of carbonyl (C=O) groups is 1. The first kappa shape index (κ1) is 10.5. The van der Waals surface area contributed by atoms with Crippen molar-refractivity contribution in [2.24, 2.45) is 5.84 Å². The quantitative estimate of drug-likeness (QED) is 0.377. The maximum Gasteiger partial charge on any atom is 0.256 e. The average molecular weight is 193 g/mol. The number of nitrogens with one attached hydrogen (secondary N) is 2. The van der Waals surface area contributed by atoms with Crippen LogP contribution in [-0.4, -0.2) is 11.9 Å². The number of hydrazine groups is 1. The van der Waals surface area contributed by atoms with Gasteiger partial charge in [-0.25, -0.2) is 5.84 Å². The number of anilines is 1. The van der Waals surface area contributed by atoms with E-state index in [2.05, 4.69) is 10.7 Å². The van der Waals surface area contributed by atoms with Crippen molar-refractivity contribution in [3.63, 3.8) is 0 Å². The molecule has 4 heteroatoms. The summed E-state index contributed by atoms with van der Waals surface area (Å²) in [6.45, 7) is 3.74. The van der Waals surface area contributed by atoms with E-state index < -0.39 is 0 Å². The van der Waals surface area contributed by atoms with Crippen molar-refractivity contribution >= 4 is 11.6 Å². The second kappa shape index (κ2) is 4.62. The second-order valence-corrected chi connectivity index (χ2v) is 3.19. The van der Waals surface area contributed by atoms with Crippen LogP contribution in [-0.2, 0) is 4.79 Å². The Morgan fingerprint density at radius 2 is 2.07 bits per heavy atom. The highest BCUT2D eigenvalue weighted by atomic mass is 16.2. The zero-order valence-electron chi connectivity index (χ0n) is 8.37. The van der Waals surface area contributed by atoms with E-state index in [1.807, 2.05) is 31.2 Å². The van der Waals surface area contributed by atoms with Gasteiger partial charge >= 0.3 is 0 Å². The summed E-state index contributed by atoms with van der Waals surface area (Å²) in [6.07, 6.45) is 0. The van der Waals surface area contributed by atoms with Crippen LogP contribution < -0.4 is 16.6 Å². The number of aryl methyl sites for hydroxylation is 1. The van der Waals surface area contributed by atoms with E-state index >= 15 is 0 Å². The van der Waals surface area contributed by atoms with Gasteiger partial charge in [0.25, 0.3) is 5.91 Å². The highest BCUT2D eigenvalue weighted by molar-refractivity contribution is 5.83. The lowest BCUT2D eigenvalue weighted by Gasteiger charge is -2.14. The minimum absolute atomic E-state index is 0.228. The summed E-state index contributed by atoms with van der Waals surface area (Å²) < 4.78 is 0. The van der Waals surface area contributed by atoms with Crippen LogP contribution in [0, 0.1) is 6.92 Å². The third-order valence-corrected chi connectivity index (χ3v) is 2.05. The van der Waals surface area contributed by atoms with E-state index in [0.29, 0.717) is 0 Å². The van der Waals surface area contributed by atoms with Gasteiger partial charge in [0, 0.05) is 5.69 Å². The third kappa shape index (κ3) is 2.47. The fourth-order valence-corrected chi connectivity index (χ4v) is 1.16. The topological polar surface area (TPSA) is 67.2 Å². The number of amides is 1. The molecule has 0 aliphatic rings. The lowest BCUT2D eigenvalue weighted by molar-refractivity contribution is -0.121. The Kier molecular flexibility index (Phi) is 3.48. The molecule has 4 N–H and O–H groups in total. The number of rotatable bonds is 3. The van der Waals surface area contributed by atoms with Crippen molar-refractivity contribution in [1.82, 2.24) is 5.43 Å². The SMILES string of the molecule is Cc1ccccc1N[C@@H](C)C(=O)NN. The highest BCUT2D eigenvalue weighted by Crippen LogP contribution is 2.13. The van der Waals surface area contributed by atoms with Gasteiger partial charge in [0.1, 0.15) is 6.04 Å². The molecule has 4 nitrogen and oxygen atoms in total. The van der Waals surface area contributed by atoms with E-state index in [-0.39, 0.29) is 11.9 Å². The molecule has 0 aromatic heterocycles. The summed E-state index contributed by atoms with van der Waals surface area (Å²) in [5.41, 5.74) is 4.15. The molecule has 0 bridgehead atoms. The smallest absolute Gasteiger partial charge is 0.256 e. The summed E-state index contributed by atoms with van der Waals surface area (Å²) in [4.78, 5) is 11.1. The molecule has 0 aliphatic heterocycles. The van der Waals surface area contributed by atoms with Crippen molar-refractivity contribution in [2.45, 2.75) is 19.9 Å². The van der Waals surface area contributed by atoms with Crippen molar-refractivity contribution < 1.29 is 4.79 Å². The molecule has 0 aliphatic carbocycles. The van der Waals surface area contributed by atoms with Crippen LogP contribution in [0.15, 0.2) is 24.3 Å². The Bertz CT molecular complexity index is 325. The standard InChI is InChI=1S/C10H15N3O/c1-7-5-3-4-6-9(7)12-8(2)10(14)13-11/h3-6,8,12H,11H2,1-2H3,(H,13,14)/t8-/m0/s1. The number of carbonyl (C=O) groups excluding carboxylic acids is 1. The maximum absolute atomic E-state index is 11.1. The van der Waals surface area contributed by atoms with Crippen molar-refractivity contribution in [3.05, 3.63) is 29.8 Å². The van der Waals surface area contributed by atoms with Crippen LogP contribution in [0.25, 0.3) is 0 Å². The molecule has 0 spiro atoms. The molecule has 0 radical (unpaired) electrons. The second-order valence-electron chi connectivity index (χ2n) is 3.19. The monoisotopic (exact) mass is 193 g/mol. The molecule has 0 saturated heterocycles. The molecule has 1 rings (SSSR count). The largest absolute Gasteiger partial charge is 0.374 e. The highest BCUT2D eigenvalue weighted by Gasteiger charge is 2.10. The molecule has 76 valence electrons. The van der Waals surface area contributed by atoms with Crippen molar-refractivity contribution in [2.75, 3.05) is 5.32 Å². The first-order chi connectivity index (χ1) is 6.65. The fourth-order valence-electron chi connectivity index (χ4n) is 1.16. The van der Waals surface area contributed by atoms with Crippen LogP contribution in [0.2, 0.25) is 0 Å². The Balaban J connectivity index is 2.69. The molecule has 0 fully saturated rings. The molecule has 0 saturated carbocycles. The predicted molar refractivity (Wildman–Crippen MR) is 56.6 cm³/mol. The summed E-state index contributed by atoms with van der Waals surface area (Å²) in [7, 11) is 0. The summed E-state index contributed by atoms with van der Waals surface area (Å²) in [5.74, 6) is 4.80. The average Bonchev–Trinajstić information content (AvgIpc) is 2.20. The summed E-state index contributed by atoms with van der Waals surface area (Å²) >= 11 is 0. The van der Waals surface area contributed by atoms with Gasteiger partial charge in [0.15, 0.2) is 0 Å². The Morgan fingerprint density at radius 3 is 2.64 bits per heavy atom. The van der Waals surface area contributed by atoms with E-state index in [4.69, 9.17) is 5.84 Å². The van der Waals surface area contributed by atoms with E-state index in [1.165, 1.54) is 0 Å². The van der Waals surface area contributed by atoms with Gasteiger partial charge < -0.3 is 5.32 Å². The van der Waals surface area contributed by atoms with Crippen LogP contribution >= 0.6 is 0 Å². The lowest BCUT2D eigenvalue weighted by Crippen LogP contribution is -2.41. The van der Waals surface area contributed by atoms with Gasteiger partial charge in [0.05, 0.1) is 0 Å². The minimum atomic E-state index is -0.332. The zero-order chi connectivity index (χ0) is 10.6. The Labute approximate surface area is 83.5 Å². The van der Waals surface area contributed by atoms with Crippen LogP contribution in [0.1, 0.15) is 12.5 Å². The van der Waals surface area contributed by atoms with Gasteiger partial charge in [0.2, 0.25) is 0 Å². The first-order valence-corrected chi connectivity index (χ1v) is 4.47. The normalized spacial score (nSPS) is 11.9. The Morgan fingerprint density at radius 1 is 1.43 bits per heavy atom. The Hall–Kier alpha value is -1.55. The molecule has 0 unspecified atom stereocenters. The summed E-state index contributed by atoms with van der Waals surface area (Å²) in [6, 6.07) is 7.45. The number of benzene rings is 1. The van der Waals surface area contributed by atoms with Crippen molar-refractivity contribution in [1.29, 1.82) is 0 Å². The van der Waals surface area contributed by atoms with Gasteiger partial charge in [-0.1, -0.05) is 18.2 Å². The van der Waals surface area contributed by atoms with Crippen LogP contribution in [0.3, 0.4) is 0 Å². The number of nitrogens with two attached hydrogens (primary N) is 1. The molecule has 0 heterocycles. The fraction of sp³-hybridized carbons (Fsp3) is 0.300. The first-order valence-electron chi connectivity index (χ1n) is 4.47. The number of hydrogen-bond donors (Lipinski definition) is 3. The van der Waals surface area contributed by atoms with E-state index in [0.717, 1.165) is 11.3 Å². The van der Waals surface area contributed by atoms with Crippen LogP contribution in [0.5, 0.6) is 0 Å². The van der Waals surface area contributed by atoms with E-state index in [1.54, 1.807) is 6.92 Å².